The first-order valence-electron chi connectivity index (χ1n) is 10.3. The number of likely N-dealkylation sites (tertiary alicyclic amines) is 1. The van der Waals surface area contributed by atoms with Crippen molar-refractivity contribution in [3.8, 4) is 0 Å². The second-order valence-electron chi connectivity index (χ2n) is 7.87. The van der Waals surface area contributed by atoms with Crippen LogP contribution in [0, 0.1) is 13.8 Å². The molecule has 1 aromatic carbocycles. The number of aliphatic hydroxyl groups excluding tert-OH is 1. The Morgan fingerprint density at radius 1 is 1.16 bits per heavy atom. The van der Waals surface area contributed by atoms with E-state index in [9.17, 15) is 14.7 Å². The van der Waals surface area contributed by atoms with Gasteiger partial charge in [-0.3, -0.25) is 14.3 Å². The molecule has 1 atom stereocenters. The van der Waals surface area contributed by atoms with Crippen molar-refractivity contribution in [1.82, 2.24) is 24.2 Å². The summed E-state index contributed by atoms with van der Waals surface area (Å²) >= 11 is 6.06. The smallest absolute Gasteiger partial charge is 0.295 e. The molecule has 1 fully saturated rings. The summed E-state index contributed by atoms with van der Waals surface area (Å²) in [6.07, 6.45) is 5.87. The van der Waals surface area contributed by atoms with Gasteiger partial charge in [0, 0.05) is 43.2 Å². The number of Topliss-reactive ketones (excluding diaryl/α,β-unsaturated/α-hetero) is 1. The molecule has 0 bridgehead atoms. The van der Waals surface area contributed by atoms with Crippen LogP contribution in [-0.2, 0) is 23.2 Å². The molecule has 2 aromatic heterocycles. The van der Waals surface area contributed by atoms with Crippen LogP contribution in [0.3, 0.4) is 0 Å². The summed E-state index contributed by atoms with van der Waals surface area (Å²) in [5.74, 6) is -1.53. The minimum absolute atomic E-state index is 0.0687. The number of aromatic nitrogens is 4. The Kier molecular flexibility index (Phi) is 5.88. The van der Waals surface area contributed by atoms with E-state index in [2.05, 4.69) is 10.1 Å². The van der Waals surface area contributed by atoms with Crippen molar-refractivity contribution in [3.05, 3.63) is 76.1 Å². The number of imidazole rings is 1. The van der Waals surface area contributed by atoms with Gasteiger partial charge in [0.15, 0.2) is 0 Å². The number of benzene rings is 1. The maximum absolute atomic E-state index is 13.1. The molecule has 32 heavy (non-hydrogen) atoms. The van der Waals surface area contributed by atoms with Crippen molar-refractivity contribution in [1.29, 1.82) is 0 Å². The molecule has 0 spiro atoms. The first-order valence-corrected chi connectivity index (χ1v) is 10.7. The fraction of sp³-hybridized carbons (Fsp3) is 0.304. The van der Waals surface area contributed by atoms with E-state index in [-0.39, 0.29) is 11.3 Å². The summed E-state index contributed by atoms with van der Waals surface area (Å²) in [7, 11) is 1.77. The van der Waals surface area contributed by atoms with Crippen LogP contribution in [0.15, 0.2) is 48.6 Å². The third-order valence-electron chi connectivity index (χ3n) is 5.85. The number of amides is 1. The SMILES string of the molecule is Cc1nn(C)c(C)c1/C(O)=C1\C(=O)C(=O)N(CCCn2ccnc2)C1c1ccc(Cl)cc1. The number of halogens is 1. The summed E-state index contributed by atoms with van der Waals surface area (Å²) in [4.78, 5) is 31.7. The van der Waals surface area contributed by atoms with Gasteiger partial charge in [0.25, 0.3) is 11.7 Å². The van der Waals surface area contributed by atoms with Crippen molar-refractivity contribution >= 4 is 29.1 Å². The van der Waals surface area contributed by atoms with Gasteiger partial charge in [0.05, 0.1) is 29.2 Å². The van der Waals surface area contributed by atoms with E-state index in [1.807, 2.05) is 17.7 Å². The molecule has 3 heterocycles. The van der Waals surface area contributed by atoms with Crippen LogP contribution >= 0.6 is 11.6 Å². The van der Waals surface area contributed by atoms with Crippen molar-refractivity contribution in [2.45, 2.75) is 32.9 Å². The van der Waals surface area contributed by atoms with E-state index in [0.29, 0.717) is 47.0 Å². The highest BCUT2D eigenvalue weighted by molar-refractivity contribution is 6.46. The quantitative estimate of drug-likeness (QED) is 0.351. The molecule has 1 unspecified atom stereocenters. The number of aliphatic hydroxyl groups is 1. The largest absolute Gasteiger partial charge is 0.507 e. The molecular weight excluding hydrogens is 430 g/mol. The van der Waals surface area contributed by atoms with Gasteiger partial charge in [-0.15, -0.1) is 0 Å². The van der Waals surface area contributed by atoms with E-state index in [1.54, 1.807) is 55.4 Å². The topological polar surface area (TPSA) is 93.2 Å². The van der Waals surface area contributed by atoms with Crippen molar-refractivity contribution < 1.29 is 14.7 Å². The Morgan fingerprint density at radius 2 is 1.88 bits per heavy atom. The van der Waals surface area contributed by atoms with Gasteiger partial charge in [0.2, 0.25) is 0 Å². The molecule has 1 N–H and O–H groups in total. The highest BCUT2D eigenvalue weighted by Crippen LogP contribution is 2.40. The van der Waals surface area contributed by atoms with Crippen LogP contribution in [0.5, 0.6) is 0 Å². The number of hydrogen-bond acceptors (Lipinski definition) is 5. The van der Waals surface area contributed by atoms with E-state index in [1.165, 1.54) is 4.90 Å². The Hall–Kier alpha value is -3.39. The molecule has 9 heteroatoms. The summed E-state index contributed by atoms with van der Waals surface area (Å²) < 4.78 is 3.55. The zero-order chi connectivity index (χ0) is 23.0. The lowest BCUT2D eigenvalue weighted by Crippen LogP contribution is -2.31. The van der Waals surface area contributed by atoms with E-state index in [0.717, 1.165) is 0 Å². The van der Waals surface area contributed by atoms with Crippen LogP contribution in [0.1, 0.15) is 35.0 Å². The second kappa shape index (κ2) is 8.63. The fourth-order valence-electron chi connectivity index (χ4n) is 4.20. The predicted molar refractivity (Wildman–Crippen MR) is 120 cm³/mol. The molecule has 1 aliphatic heterocycles. The molecule has 3 aromatic rings. The molecule has 1 saturated heterocycles. The minimum Gasteiger partial charge on any atom is -0.507 e. The van der Waals surface area contributed by atoms with E-state index >= 15 is 0 Å². The molecule has 0 saturated carbocycles. The van der Waals surface area contributed by atoms with Gasteiger partial charge >= 0.3 is 0 Å². The molecule has 0 aliphatic carbocycles. The summed E-state index contributed by atoms with van der Waals surface area (Å²) in [5.41, 5.74) is 2.55. The molecule has 1 amide bonds. The average Bonchev–Trinajstić information content (AvgIpc) is 3.43. The van der Waals surface area contributed by atoms with Gasteiger partial charge in [-0.1, -0.05) is 23.7 Å². The summed E-state index contributed by atoms with van der Waals surface area (Å²) in [6, 6.07) is 6.26. The highest BCUT2D eigenvalue weighted by Gasteiger charge is 2.46. The van der Waals surface area contributed by atoms with Crippen molar-refractivity contribution in [2.24, 2.45) is 7.05 Å². The predicted octanol–water partition coefficient (Wildman–Crippen LogP) is 3.40. The van der Waals surface area contributed by atoms with Crippen LogP contribution in [0.25, 0.3) is 5.76 Å². The fourth-order valence-corrected chi connectivity index (χ4v) is 4.32. The standard InChI is InChI=1S/C23H24ClN5O3/c1-14-18(15(2)27(3)26-14)21(30)19-20(16-5-7-17(24)8-6-16)29(23(32)22(19)31)11-4-10-28-12-9-25-13-28/h5-9,12-13,20,30H,4,10-11H2,1-3H3/b21-19+. The second-order valence-corrected chi connectivity index (χ2v) is 8.30. The lowest BCUT2D eigenvalue weighted by Gasteiger charge is -2.25. The Bertz CT molecular complexity index is 1200. The third-order valence-corrected chi connectivity index (χ3v) is 6.10. The van der Waals surface area contributed by atoms with Crippen LogP contribution < -0.4 is 0 Å². The van der Waals surface area contributed by atoms with E-state index < -0.39 is 17.7 Å². The number of ketones is 1. The molecule has 0 radical (unpaired) electrons. The van der Waals surface area contributed by atoms with Gasteiger partial charge in [-0.25, -0.2) is 4.98 Å². The van der Waals surface area contributed by atoms with Crippen molar-refractivity contribution in [3.63, 3.8) is 0 Å². The Labute approximate surface area is 190 Å². The van der Waals surface area contributed by atoms with E-state index in [4.69, 9.17) is 11.6 Å². The molecule has 166 valence electrons. The molecular formula is C23H24ClN5O3. The first kappa shape index (κ1) is 21.8. The maximum Gasteiger partial charge on any atom is 0.295 e. The lowest BCUT2D eigenvalue weighted by molar-refractivity contribution is -0.139. The number of carbonyl (C=O) groups is 2. The number of rotatable bonds is 6. The average molecular weight is 454 g/mol. The third kappa shape index (κ3) is 3.82. The van der Waals surface area contributed by atoms with Crippen LogP contribution in [0.4, 0.5) is 0 Å². The maximum atomic E-state index is 13.1. The molecule has 8 nitrogen and oxygen atoms in total. The summed E-state index contributed by atoms with van der Waals surface area (Å²) in [5, 5.41) is 16.1. The molecule has 4 rings (SSSR count). The Morgan fingerprint density at radius 3 is 2.47 bits per heavy atom. The highest BCUT2D eigenvalue weighted by atomic mass is 35.5. The minimum atomic E-state index is -0.714. The van der Waals surface area contributed by atoms with Gasteiger partial charge in [-0.2, -0.15) is 5.10 Å². The normalized spacial score (nSPS) is 18.0. The Balaban J connectivity index is 1.77. The first-order chi connectivity index (χ1) is 15.3. The van der Waals surface area contributed by atoms with Gasteiger partial charge in [0.1, 0.15) is 5.76 Å². The lowest BCUT2D eigenvalue weighted by atomic mass is 9.94. The van der Waals surface area contributed by atoms with Crippen LogP contribution in [-0.4, -0.2) is 47.6 Å². The zero-order valence-electron chi connectivity index (χ0n) is 18.1. The number of carbonyl (C=O) groups excluding carboxylic acids is 2. The molecule has 1 aliphatic rings. The monoisotopic (exact) mass is 453 g/mol. The summed E-state index contributed by atoms with van der Waals surface area (Å²) in [6.45, 7) is 4.57. The van der Waals surface area contributed by atoms with Gasteiger partial charge < -0.3 is 14.6 Å². The van der Waals surface area contributed by atoms with Crippen molar-refractivity contribution in [2.75, 3.05) is 6.54 Å². The van der Waals surface area contributed by atoms with Crippen LogP contribution in [0.2, 0.25) is 5.02 Å². The number of hydrogen-bond donors (Lipinski definition) is 1. The van der Waals surface area contributed by atoms with Gasteiger partial charge in [-0.05, 0) is 38.0 Å². The zero-order valence-corrected chi connectivity index (χ0v) is 18.9. The number of nitrogens with zero attached hydrogens (tertiary/aromatic N) is 5. The number of aryl methyl sites for hydroxylation is 3.